The summed E-state index contributed by atoms with van der Waals surface area (Å²) in [7, 11) is 1.78. The monoisotopic (exact) mass is 536 g/mol. The van der Waals surface area contributed by atoms with Crippen LogP contribution in [0.4, 0.5) is 0 Å². The van der Waals surface area contributed by atoms with Crippen molar-refractivity contribution in [3.63, 3.8) is 0 Å². The summed E-state index contributed by atoms with van der Waals surface area (Å²) in [6.07, 6.45) is 0. The van der Waals surface area contributed by atoms with Crippen LogP contribution < -0.4 is 10.6 Å². The molecule has 30 heavy (non-hydrogen) atoms. The van der Waals surface area contributed by atoms with Crippen LogP contribution in [-0.2, 0) is 31.0 Å². The van der Waals surface area contributed by atoms with E-state index < -0.39 is 0 Å². The number of thiazole rings is 1. The number of rotatable bonds is 8. The molecule has 0 aliphatic heterocycles. The molecule has 160 valence electrons. The Bertz CT molecular complexity index is 907. The molecule has 3 rings (SSSR count). The molecule has 0 saturated heterocycles. The third kappa shape index (κ3) is 7.70. The number of ether oxygens (including phenoxy) is 1. The van der Waals surface area contributed by atoms with Crippen LogP contribution in [0.2, 0.25) is 0 Å². The van der Waals surface area contributed by atoms with Crippen molar-refractivity contribution in [2.45, 2.75) is 40.2 Å². The van der Waals surface area contributed by atoms with Gasteiger partial charge in [-0.1, -0.05) is 54.6 Å². The van der Waals surface area contributed by atoms with E-state index in [1.807, 2.05) is 25.1 Å². The summed E-state index contributed by atoms with van der Waals surface area (Å²) in [5.41, 5.74) is 4.65. The smallest absolute Gasteiger partial charge is 0.191 e. The van der Waals surface area contributed by atoms with Crippen molar-refractivity contribution in [3.8, 4) is 0 Å². The van der Waals surface area contributed by atoms with Gasteiger partial charge in [0, 0.05) is 18.5 Å². The molecule has 0 saturated carbocycles. The van der Waals surface area contributed by atoms with Gasteiger partial charge in [0.1, 0.15) is 5.01 Å². The second-order valence-electron chi connectivity index (χ2n) is 6.82. The van der Waals surface area contributed by atoms with E-state index in [9.17, 15) is 0 Å². The van der Waals surface area contributed by atoms with E-state index in [-0.39, 0.29) is 24.0 Å². The maximum absolute atomic E-state index is 5.80. The van der Waals surface area contributed by atoms with Gasteiger partial charge < -0.3 is 15.4 Å². The van der Waals surface area contributed by atoms with Crippen LogP contribution in [0.3, 0.4) is 0 Å². The highest BCUT2D eigenvalue weighted by atomic mass is 127. The largest absolute Gasteiger partial charge is 0.372 e. The SMILES string of the molecule is CN=C(NCc1ccc(COCc2ccccc2)cc1)NCc1nc(C)c(C)s1.I. The minimum absolute atomic E-state index is 0. The van der Waals surface area contributed by atoms with Gasteiger partial charge in [-0.15, -0.1) is 35.3 Å². The molecule has 0 amide bonds. The molecule has 5 nitrogen and oxygen atoms in total. The molecule has 3 aromatic rings. The van der Waals surface area contributed by atoms with Crippen molar-refractivity contribution in [3.05, 3.63) is 86.9 Å². The van der Waals surface area contributed by atoms with Crippen LogP contribution in [-0.4, -0.2) is 18.0 Å². The van der Waals surface area contributed by atoms with Crippen LogP contribution in [0, 0.1) is 13.8 Å². The summed E-state index contributed by atoms with van der Waals surface area (Å²) in [6.45, 7) is 6.76. The van der Waals surface area contributed by atoms with Gasteiger partial charge in [0.15, 0.2) is 5.96 Å². The molecular formula is C23H29IN4OS. The van der Waals surface area contributed by atoms with Gasteiger partial charge in [0.25, 0.3) is 0 Å². The zero-order chi connectivity index (χ0) is 20.5. The Morgan fingerprint density at radius 3 is 2.10 bits per heavy atom. The zero-order valence-electron chi connectivity index (χ0n) is 17.6. The van der Waals surface area contributed by atoms with Crippen LogP contribution in [0.15, 0.2) is 59.6 Å². The quantitative estimate of drug-likeness (QED) is 0.243. The lowest BCUT2D eigenvalue weighted by Crippen LogP contribution is -2.36. The first-order valence-electron chi connectivity index (χ1n) is 9.71. The molecule has 0 fully saturated rings. The summed E-state index contributed by atoms with van der Waals surface area (Å²) < 4.78 is 5.80. The van der Waals surface area contributed by atoms with Crippen molar-refractivity contribution >= 4 is 41.3 Å². The molecule has 0 spiro atoms. The third-order valence-corrected chi connectivity index (χ3v) is 5.64. The van der Waals surface area contributed by atoms with E-state index in [0.717, 1.165) is 16.7 Å². The van der Waals surface area contributed by atoms with Gasteiger partial charge >= 0.3 is 0 Å². The Morgan fingerprint density at radius 2 is 1.50 bits per heavy atom. The van der Waals surface area contributed by atoms with E-state index in [1.165, 1.54) is 21.6 Å². The second-order valence-corrected chi connectivity index (χ2v) is 8.11. The molecule has 2 N–H and O–H groups in total. The van der Waals surface area contributed by atoms with Crippen molar-refractivity contribution in [1.82, 2.24) is 15.6 Å². The van der Waals surface area contributed by atoms with Gasteiger partial charge in [-0.3, -0.25) is 4.99 Å². The van der Waals surface area contributed by atoms with Crippen molar-refractivity contribution in [1.29, 1.82) is 0 Å². The molecule has 0 atom stereocenters. The fraction of sp³-hybridized carbons (Fsp3) is 0.304. The first-order valence-corrected chi connectivity index (χ1v) is 10.5. The second kappa shape index (κ2) is 12.7. The Kier molecular flexibility index (Phi) is 10.3. The number of guanidine groups is 1. The van der Waals surface area contributed by atoms with E-state index in [1.54, 1.807) is 18.4 Å². The number of halogens is 1. The van der Waals surface area contributed by atoms with E-state index >= 15 is 0 Å². The van der Waals surface area contributed by atoms with Crippen LogP contribution >= 0.6 is 35.3 Å². The number of benzene rings is 2. The summed E-state index contributed by atoms with van der Waals surface area (Å²) >= 11 is 1.72. The summed E-state index contributed by atoms with van der Waals surface area (Å²) in [4.78, 5) is 10.1. The number of nitrogens with zero attached hydrogens (tertiary/aromatic N) is 2. The van der Waals surface area contributed by atoms with Crippen LogP contribution in [0.25, 0.3) is 0 Å². The van der Waals surface area contributed by atoms with Gasteiger partial charge in [-0.2, -0.15) is 0 Å². The third-order valence-electron chi connectivity index (χ3n) is 4.57. The fourth-order valence-corrected chi connectivity index (χ4v) is 3.67. The van der Waals surface area contributed by atoms with E-state index in [4.69, 9.17) is 4.74 Å². The van der Waals surface area contributed by atoms with Gasteiger partial charge in [-0.25, -0.2) is 4.98 Å². The number of aliphatic imine (C=N–C) groups is 1. The lowest BCUT2D eigenvalue weighted by molar-refractivity contribution is 0.107. The molecule has 7 heteroatoms. The van der Waals surface area contributed by atoms with Gasteiger partial charge in [-0.05, 0) is 30.5 Å². The minimum Gasteiger partial charge on any atom is -0.372 e. The number of nitrogens with one attached hydrogen (secondary N) is 2. The molecular weight excluding hydrogens is 507 g/mol. The van der Waals surface area contributed by atoms with Crippen molar-refractivity contribution in [2.75, 3.05) is 7.05 Å². The van der Waals surface area contributed by atoms with Crippen LogP contribution in [0.1, 0.15) is 32.3 Å². The maximum atomic E-state index is 5.80. The normalized spacial score (nSPS) is 11.1. The summed E-state index contributed by atoms with van der Waals surface area (Å²) in [5, 5.41) is 7.74. The lowest BCUT2D eigenvalue weighted by atomic mass is 10.1. The molecule has 1 aromatic heterocycles. The minimum atomic E-state index is 0. The molecule has 0 unspecified atom stereocenters. The maximum Gasteiger partial charge on any atom is 0.191 e. The van der Waals surface area contributed by atoms with Gasteiger partial charge in [0.2, 0.25) is 0 Å². The Labute approximate surface area is 200 Å². The average Bonchev–Trinajstić information content (AvgIpc) is 3.07. The van der Waals surface area contributed by atoms with Crippen molar-refractivity contribution < 1.29 is 4.74 Å². The topological polar surface area (TPSA) is 58.5 Å². The molecule has 0 aliphatic rings. The molecule has 0 bridgehead atoms. The molecule has 1 heterocycles. The summed E-state index contributed by atoms with van der Waals surface area (Å²) in [5.74, 6) is 0.769. The number of hydrogen-bond donors (Lipinski definition) is 2. The van der Waals surface area contributed by atoms with E-state index in [0.29, 0.717) is 26.3 Å². The summed E-state index contributed by atoms with van der Waals surface area (Å²) in [6, 6.07) is 18.7. The number of aromatic nitrogens is 1. The van der Waals surface area contributed by atoms with E-state index in [2.05, 4.69) is 63.9 Å². The van der Waals surface area contributed by atoms with Crippen molar-refractivity contribution in [2.24, 2.45) is 4.99 Å². The van der Waals surface area contributed by atoms with Gasteiger partial charge in [0.05, 0.1) is 25.5 Å². The molecule has 0 radical (unpaired) electrons. The number of aryl methyl sites for hydroxylation is 2. The first kappa shape index (κ1) is 24.3. The Morgan fingerprint density at radius 1 is 0.900 bits per heavy atom. The average molecular weight is 536 g/mol. The first-order chi connectivity index (χ1) is 14.1. The highest BCUT2D eigenvalue weighted by Gasteiger charge is 2.05. The fourth-order valence-electron chi connectivity index (χ4n) is 2.79. The predicted octanol–water partition coefficient (Wildman–Crippen LogP) is 4.96. The number of hydrogen-bond acceptors (Lipinski definition) is 4. The lowest BCUT2D eigenvalue weighted by Gasteiger charge is -2.11. The zero-order valence-corrected chi connectivity index (χ0v) is 20.8. The Hall–Kier alpha value is -1.97. The standard InChI is InChI=1S/C23H28N4OS.HI/c1-17-18(2)29-22(27-17)14-26-23(24-3)25-13-19-9-11-21(12-10-19)16-28-15-20-7-5-4-6-8-20;/h4-12H,13-16H2,1-3H3,(H2,24,25,26);1H. The highest BCUT2D eigenvalue weighted by Crippen LogP contribution is 2.15. The van der Waals surface area contributed by atoms with Crippen LogP contribution in [0.5, 0.6) is 0 Å². The predicted molar refractivity (Wildman–Crippen MR) is 135 cm³/mol. The molecule has 0 aliphatic carbocycles. The Balaban J connectivity index is 0.00000320. The molecule has 2 aromatic carbocycles. The highest BCUT2D eigenvalue weighted by molar-refractivity contribution is 14.0.